The number of rotatable bonds is 5. The number of morpholine rings is 1. The second kappa shape index (κ2) is 9.82. The molecule has 4 fully saturated rings. The van der Waals surface area contributed by atoms with Gasteiger partial charge in [0.2, 0.25) is 5.91 Å². The molecule has 0 bridgehead atoms. The van der Waals surface area contributed by atoms with Crippen molar-refractivity contribution in [3.63, 3.8) is 0 Å². The van der Waals surface area contributed by atoms with Gasteiger partial charge >= 0.3 is 0 Å². The number of thiophene rings is 1. The van der Waals surface area contributed by atoms with E-state index in [-0.39, 0.29) is 17.9 Å². The Labute approximate surface area is 195 Å². The lowest BCUT2D eigenvalue weighted by Crippen LogP contribution is -2.65. The molecule has 176 valence electrons. The third-order valence-corrected chi connectivity index (χ3v) is 9.25. The van der Waals surface area contributed by atoms with Gasteiger partial charge in [-0.2, -0.15) is 0 Å². The van der Waals surface area contributed by atoms with Crippen molar-refractivity contribution >= 4 is 23.2 Å². The van der Waals surface area contributed by atoms with Gasteiger partial charge in [0.05, 0.1) is 18.1 Å². The van der Waals surface area contributed by atoms with Gasteiger partial charge in [-0.3, -0.25) is 14.5 Å². The fourth-order valence-corrected chi connectivity index (χ4v) is 7.63. The number of piperidine rings is 3. The van der Waals surface area contributed by atoms with Gasteiger partial charge < -0.3 is 14.5 Å². The Morgan fingerprint density at radius 3 is 2.66 bits per heavy atom. The molecule has 4 saturated heterocycles. The maximum Gasteiger partial charge on any atom is 0.264 e. The Morgan fingerprint density at radius 1 is 1.12 bits per heavy atom. The van der Waals surface area contributed by atoms with Crippen LogP contribution < -0.4 is 0 Å². The Morgan fingerprint density at radius 2 is 1.91 bits per heavy atom. The van der Waals surface area contributed by atoms with Crippen LogP contribution in [0.5, 0.6) is 0 Å². The quantitative estimate of drug-likeness (QED) is 0.677. The molecule has 0 aliphatic carbocycles. The van der Waals surface area contributed by atoms with E-state index in [9.17, 15) is 9.59 Å². The molecule has 0 radical (unpaired) electrons. The number of aryl methyl sites for hydroxylation is 1. The summed E-state index contributed by atoms with van der Waals surface area (Å²) < 4.78 is 5.39. The van der Waals surface area contributed by atoms with Gasteiger partial charge in [-0.1, -0.05) is 0 Å². The van der Waals surface area contributed by atoms with E-state index in [1.54, 1.807) is 11.3 Å². The van der Waals surface area contributed by atoms with Crippen molar-refractivity contribution in [3.05, 3.63) is 21.9 Å². The van der Waals surface area contributed by atoms with E-state index in [0.29, 0.717) is 50.6 Å². The molecular formula is C25H37N3O3S. The molecule has 0 N–H and O–H groups in total. The summed E-state index contributed by atoms with van der Waals surface area (Å²) in [6.07, 6.45) is 7.33. The second-order valence-corrected chi connectivity index (χ2v) is 11.0. The molecule has 2 amide bonds. The summed E-state index contributed by atoms with van der Waals surface area (Å²) in [5, 5.41) is 2.04. The SMILES string of the molecule is Cc1ccsc1C(=O)N1C[C@@H]2CCCN3CCC[C@@H]([C@H]23)[C@H]1CCCC(=O)N1CCOCC1. The van der Waals surface area contributed by atoms with E-state index in [2.05, 4.69) is 22.8 Å². The number of amides is 2. The number of hydrogen-bond donors (Lipinski definition) is 0. The van der Waals surface area contributed by atoms with Crippen molar-refractivity contribution < 1.29 is 14.3 Å². The predicted octanol–water partition coefficient (Wildman–Crippen LogP) is 3.40. The van der Waals surface area contributed by atoms with E-state index in [1.807, 2.05) is 10.3 Å². The minimum atomic E-state index is 0.225. The first-order valence-electron chi connectivity index (χ1n) is 12.6. The summed E-state index contributed by atoms with van der Waals surface area (Å²) >= 11 is 1.58. The first-order chi connectivity index (χ1) is 15.6. The normalized spacial score (nSPS) is 30.8. The molecule has 0 spiro atoms. The Balaban J connectivity index is 1.32. The lowest BCUT2D eigenvalue weighted by atomic mass is 9.69. The Hall–Kier alpha value is -1.44. The zero-order valence-electron chi connectivity index (χ0n) is 19.3. The van der Waals surface area contributed by atoms with Gasteiger partial charge in [-0.15, -0.1) is 11.3 Å². The van der Waals surface area contributed by atoms with Crippen molar-refractivity contribution in [2.45, 2.75) is 64.0 Å². The highest BCUT2D eigenvalue weighted by atomic mass is 32.1. The van der Waals surface area contributed by atoms with E-state index in [4.69, 9.17) is 4.74 Å². The van der Waals surface area contributed by atoms with E-state index in [0.717, 1.165) is 29.8 Å². The topological polar surface area (TPSA) is 53.1 Å². The lowest BCUT2D eigenvalue weighted by Gasteiger charge is -2.57. The smallest absolute Gasteiger partial charge is 0.264 e. The molecule has 32 heavy (non-hydrogen) atoms. The van der Waals surface area contributed by atoms with Crippen molar-refractivity contribution in [1.82, 2.24) is 14.7 Å². The zero-order valence-corrected chi connectivity index (χ0v) is 20.2. The largest absolute Gasteiger partial charge is 0.378 e. The highest BCUT2D eigenvalue weighted by molar-refractivity contribution is 7.12. The monoisotopic (exact) mass is 459 g/mol. The summed E-state index contributed by atoms with van der Waals surface area (Å²) in [6.45, 7) is 8.11. The van der Waals surface area contributed by atoms with Crippen LogP contribution in [0.1, 0.15) is 60.2 Å². The molecule has 4 aliphatic rings. The zero-order chi connectivity index (χ0) is 22.1. The molecule has 7 heteroatoms. The van der Waals surface area contributed by atoms with Crippen molar-refractivity contribution in [2.24, 2.45) is 11.8 Å². The van der Waals surface area contributed by atoms with Gasteiger partial charge in [0.15, 0.2) is 0 Å². The van der Waals surface area contributed by atoms with Crippen LogP contribution in [0.15, 0.2) is 11.4 Å². The molecular weight excluding hydrogens is 422 g/mol. The van der Waals surface area contributed by atoms with Crippen LogP contribution in [-0.2, 0) is 9.53 Å². The van der Waals surface area contributed by atoms with Gasteiger partial charge in [-0.05, 0) is 87.4 Å². The standard InChI is InChI=1S/C25H37N3O3S/c1-18-9-16-32-24(18)25(30)28-17-19-5-3-10-27-11-4-6-20(23(19)27)21(28)7-2-8-22(29)26-12-14-31-15-13-26/h9,16,19-21,23H,2-8,10-15,17H2,1H3/t19-,20+,21+,23-/m0/s1. The van der Waals surface area contributed by atoms with Crippen LogP contribution in [0.2, 0.25) is 0 Å². The second-order valence-electron chi connectivity index (χ2n) is 10.1. The van der Waals surface area contributed by atoms with Crippen molar-refractivity contribution in [3.8, 4) is 0 Å². The summed E-state index contributed by atoms with van der Waals surface area (Å²) in [4.78, 5) is 34.2. The number of nitrogens with zero attached hydrogens (tertiary/aromatic N) is 3. The van der Waals surface area contributed by atoms with Crippen molar-refractivity contribution in [2.75, 3.05) is 45.9 Å². The van der Waals surface area contributed by atoms with Gasteiger partial charge in [-0.25, -0.2) is 0 Å². The van der Waals surface area contributed by atoms with Gasteiger partial charge in [0.25, 0.3) is 5.91 Å². The fourth-order valence-electron chi connectivity index (χ4n) is 6.75. The van der Waals surface area contributed by atoms with Gasteiger partial charge in [0, 0.05) is 38.1 Å². The van der Waals surface area contributed by atoms with E-state index < -0.39 is 0 Å². The van der Waals surface area contributed by atoms with E-state index >= 15 is 0 Å². The third kappa shape index (κ3) is 4.36. The Bertz CT molecular complexity index is 819. The Kier molecular flexibility index (Phi) is 6.86. The molecule has 0 unspecified atom stereocenters. The van der Waals surface area contributed by atoms with Crippen LogP contribution in [0.4, 0.5) is 0 Å². The highest BCUT2D eigenvalue weighted by Crippen LogP contribution is 2.44. The molecule has 0 aromatic carbocycles. The lowest BCUT2D eigenvalue weighted by molar-refractivity contribution is -0.135. The predicted molar refractivity (Wildman–Crippen MR) is 126 cm³/mol. The summed E-state index contributed by atoms with van der Waals surface area (Å²) in [6, 6.07) is 2.94. The fraction of sp³-hybridized carbons (Fsp3) is 0.760. The molecule has 0 saturated carbocycles. The minimum Gasteiger partial charge on any atom is -0.378 e. The molecule has 4 atom stereocenters. The number of hydrogen-bond acceptors (Lipinski definition) is 5. The third-order valence-electron chi connectivity index (χ3n) is 8.24. The summed E-state index contributed by atoms with van der Waals surface area (Å²) in [5.41, 5.74) is 1.09. The van der Waals surface area contributed by atoms with Crippen LogP contribution in [-0.4, -0.2) is 84.5 Å². The van der Waals surface area contributed by atoms with Crippen LogP contribution in [0.25, 0.3) is 0 Å². The number of likely N-dealkylation sites (tertiary alicyclic amines) is 1. The first-order valence-corrected chi connectivity index (χ1v) is 13.5. The average Bonchev–Trinajstić information content (AvgIpc) is 3.26. The van der Waals surface area contributed by atoms with Crippen LogP contribution in [0.3, 0.4) is 0 Å². The molecule has 4 aliphatic heterocycles. The highest BCUT2D eigenvalue weighted by Gasteiger charge is 2.49. The number of ether oxygens (including phenoxy) is 1. The number of carbonyl (C=O) groups excluding carboxylic acids is 2. The van der Waals surface area contributed by atoms with Gasteiger partial charge in [0.1, 0.15) is 0 Å². The molecule has 1 aromatic heterocycles. The minimum absolute atomic E-state index is 0.225. The summed E-state index contributed by atoms with van der Waals surface area (Å²) in [7, 11) is 0. The van der Waals surface area contributed by atoms with Crippen LogP contribution in [0, 0.1) is 18.8 Å². The summed E-state index contributed by atoms with van der Waals surface area (Å²) in [5.74, 6) is 1.62. The van der Waals surface area contributed by atoms with Crippen LogP contribution >= 0.6 is 11.3 Å². The maximum atomic E-state index is 13.7. The van der Waals surface area contributed by atoms with E-state index in [1.165, 1.54) is 38.8 Å². The number of carbonyl (C=O) groups is 2. The van der Waals surface area contributed by atoms with Crippen molar-refractivity contribution in [1.29, 1.82) is 0 Å². The molecule has 6 nitrogen and oxygen atoms in total. The first kappa shape index (κ1) is 22.4. The average molecular weight is 460 g/mol. The molecule has 5 rings (SSSR count). The maximum absolute atomic E-state index is 13.7. The molecule has 5 heterocycles. The molecule has 1 aromatic rings.